The maximum atomic E-state index is 12.4. The van der Waals surface area contributed by atoms with Crippen LogP contribution in [-0.2, 0) is 16.4 Å². The summed E-state index contributed by atoms with van der Waals surface area (Å²) in [5, 5.41) is -0.120. The normalized spacial score (nSPS) is 11.1. The lowest BCUT2D eigenvalue weighted by Gasteiger charge is -2.11. The molecule has 2 rings (SSSR count). The van der Waals surface area contributed by atoms with E-state index in [0.29, 0.717) is 10.6 Å². The lowest BCUT2D eigenvalue weighted by molar-refractivity contribution is 0.241. The molecular weight excluding hydrogens is 344 g/mol. The van der Waals surface area contributed by atoms with Gasteiger partial charge in [-0.25, -0.2) is 8.42 Å². The summed E-state index contributed by atoms with van der Waals surface area (Å²) in [6.45, 7) is 2.01. The highest BCUT2D eigenvalue weighted by Crippen LogP contribution is 2.25. The fourth-order valence-corrected chi connectivity index (χ4v) is 3.70. The number of carbonyl (C=O) groups is 1. The standard InChI is InChI=1S/C17H20N2O3S2/c1-4-13-8-10-16(11-9-13)24(21,22)18-14-6-5-7-15(12-14)23-17(20)19(2)3/h5-12,18H,4H2,1-3H3. The zero-order valence-corrected chi connectivity index (χ0v) is 15.4. The number of anilines is 1. The Morgan fingerprint density at radius 3 is 2.38 bits per heavy atom. The predicted molar refractivity (Wildman–Crippen MR) is 98.0 cm³/mol. The van der Waals surface area contributed by atoms with Crippen LogP contribution in [0.5, 0.6) is 0 Å². The molecule has 0 aliphatic carbocycles. The highest BCUT2D eigenvalue weighted by molar-refractivity contribution is 8.13. The van der Waals surface area contributed by atoms with Crippen LogP contribution in [0.4, 0.5) is 10.5 Å². The minimum absolute atomic E-state index is 0.120. The summed E-state index contributed by atoms with van der Waals surface area (Å²) in [6.07, 6.45) is 0.854. The second-order valence-electron chi connectivity index (χ2n) is 5.39. The number of hydrogen-bond donors (Lipinski definition) is 1. The van der Waals surface area contributed by atoms with Crippen LogP contribution >= 0.6 is 11.8 Å². The highest BCUT2D eigenvalue weighted by Gasteiger charge is 2.15. The first-order valence-electron chi connectivity index (χ1n) is 7.43. The Balaban J connectivity index is 2.18. The van der Waals surface area contributed by atoms with Crippen LogP contribution in [0.15, 0.2) is 58.3 Å². The molecule has 0 saturated heterocycles. The molecule has 2 aromatic carbocycles. The van der Waals surface area contributed by atoms with Gasteiger partial charge in [0, 0.05) is 24.7 Å². The van der Waals surface area contributed by atoms with Gasteiger partial charge in [-0.3, -0.25) is 9.52 Å². The number of thioether (sulfide) groups is 1. The van der Waals surface area contributed by atoms with Crippen LogP contribution in [0.2, 0.25) is 0 Å². The molecule has 1 amide bonds. The van der Waals surface area contributed by atoms with Crippen LogP contribution in [0.25, 0.3) is 0 Å². The topological polar surface area (TPSA) is 66.5 Å². The Morgan fingerprint density at radius 2 is 1.79 bits per heavy atom. The van der Waals surface area contributed by atoms with E-state index >= 15 is 0 Å². The van der Waals surface area contributed by atoms with Gasteiger partial charge in [0.1, 0.15) is 0 Å². The third kappa shape index (κ3) is 4.75. The molecule has 7 heteroatoms. The molecule has 1 N–H and O–H groups in total. The number of aryl methyl sites for hydroxylation is 1. The molecule has 0 fully saturated rings. The summed E-state index contributed by atoms with van der Waals surface area (Å²) in [5.74, 6) is 0. The van der Waals surface area contributed by atoms with E-state index in [9.17, 15) is 13.2 Å². The average Bonchev–Trinajstić information content (AvgIpc) is 2.54. The fourth-order valence-electron chi connectivity index (χ4n) is 1.93. The van der Waals surface area contributed by atoms with Crippen LogP contribution in [0.3, 0.4) is 0 Å². The Morgan fingerprint density at radius 1 is 1.12 bits per heavy atom. The lowest BCUT2D eigenvalue weighted by Crippen LogP contribution is -2.16. The summed E-state index contributed by atoms with van der Waals surface area (Å²) in [7, 11) is -0.317. The Labute approximate surface area is 147 Å². The number of rotatable bonds is 5. The van der Waals surface area contributed by atoms with Gasteiger partial charge in [-0.1, -0.05) is 25.1 Å². The molecule has 0 aliphatic heterocycles. The second-order valence-corrected chi connectivity index (χ2v) is 8.10. The monoisotopic (exact) mass is 364 g/mol. The molecule has 2 aromatic rings. The molecule has 0 saturated carbocycles. The zero-order chi connectivity index (χ0) is 17.7. The molecule has 128 valence electrons. The third-order valence-electron chi connectivity index (χ3n) is 3.30. The van der Waals surface area contributed by atoms with Crippen molar-refractivity contribution in [3.63, 3.8) is 0 Å². The van der Waals surface area contributed by atoms with Gasteiger partial charge >= 0.3 is 0 Å². The van der Waals surface area contributed by atoms with Gasteiger partial charge in [-0.2, -0.15) is 0 Å². The van der Waals surface area contributed by atoms with Crippen molar-refractivity contribution in [2.75, 3.05) is 18.8 Å². The van der Waals surface area contributed by atoms with Gasteiger partial charge in [0.2, 0.25) is 0 Å². The second kappa shape index (κ2) is 7.72. The van der Waals surface area contributed by atoms with Crippen LogP contribution in [0.1, 0.15) is 12.5 Å². The van der Waals surface area contributed by atoms with Crippen molar-refractivity contribution in [3.8, 4) is 0 Å². The fraction of sp³-hybridized carbons (Fsp3) is 0.235. The quantitative estimate of drug-likeness (QED) is 0.819. The molecule has 0 atom stereocenters. The minimum atomic E-state index is -3.65. The van der Waals surface area contributed by atoms with Gasteiger partial charge < -0.3 is 4.90 Å². The predicted octanol–water partition coefficient (Wildman–Crippen LogP) is 3.82. The van der Waals surface area contributed by atoms with Crippen molar-refractivity contribution in [2.45, 2.75) is 23.1 Å². The molecule has 0 radical (unpaired) electrons. The summed E-state index contributed by atoms with van der Waals surface area (Å²) < 4.78 is 27.4. The van der Waals surface area contributed by atoms with Crippen molar-refractivity contribution >= 4 is 32.7 Å². The minimum Gasteiger partial charge on any atom is -0.339 e. The largest absolute Gasteiger partial charge is 0.339 e. The summed E-state index contributed by atoms with van der Waals surface area (Å²) in [6, 6.07) is 13.6. The van der Waals surface area contributed by atoms with Gasteiger partial charge in [0.15, 0.2) is 0 Å². The number of amides is 1. The number of hydrogen-bond acceptors (Lipinski definition) is 4. The van der Waals surface area contributed by atoms with E-state index in [0.717, 1.165) is 23.7 Å². The van der Waals surface area contributed by atoms with E-state index in [1.54, 1.807) is 62.6 Å². The van der Waals surface area contributed by atoms with E-state index in [2.05, 4.69) is 4.72 Å². The smallest absolute Gasteiger partial charge is 0.285 e. The van der Waals surface area contributed by atoms with Crippen LogP contribution < -0.4 is 4.72 Å². The van der Waals surface area contributed by atoms with E-state index in [1.807, 2.05) is 6.92 Å². The molecule has 0 spiro atoms. The van der Waals surface area contributed by atoms with Gasteiger partial charge in [-0.15, -0.1) is 0 Å². The maximum Gasteiger partial charge on any atom is 0.285 e. The Kier molecular flexibility index (Phi) is 5.90. The van der Waals surface area contributed by atoms with Gasteiger partial charge in [0.25, 0.3) is 15.3 Å². The van der Waals surface area contributed by atoms with Crippen molar-refractivity contribution < 1.29 is 13.2 Å². The van der Waals surface area contributed by atoms with Gasteiger partial charge in [0.05, 0.1) is 4.90 Å². The molecule has 0 unspecified atom stereocenters. The van der Waals surface area contributed by atoms with Crippen LogP contribution in [-0.4, -0.2) is 32.7 Å². The number of carbonyl (C=O) groups excluding carboxylic acids is 1. The van der Waals surface area contributed by atoms with Crippen molar-refractivity contribution in [1.82, 2.24) is 4.90 Å². The summed E-state index contributed by atoms with van der Waals surface area (Å²) in [5.41, 5.74) is 1.50. The van der Waals surface area contributed by atoms with Crippen molar-refractivity contribution in [1.29, 1.82) is 0 Å². The molecule has 5 nitrogen and oxygen atoms in total. The zero-order valence-electron chi connectivity index (χ0n) is 13.8. The number of benzene rings is 2. The Hall–Kier alpha value is -1.99. The van der Waals surface area contributed by atoms with E-state index in [-0.39, 0.29) is 10.1 Å². The van der Waals surface area contributed by atoms with Crippen molar-refractivity contribution in [2.24, 2.45) is 0 Å². The number of nitrogens with zero attached hydrogens (tertiary/aromatic N) is 1. The third-order valence-corrected chi connectivity index (χ3v) is 5.73. The first kappa shape index (κ1) is 18.4. The average molecular weight is 364 g/mol. The SMILES string of the molecule is CCc1ccc(S(=O)(=O)Nc2cccc(SC(=O)N(C)C)c2)cc1. The van der Waals surface area contributed by atoms with E-state index in [1.165, 1.54) is 4.90 Å². The van der Waals surface area contributed by atoms with Crippen molar-refractivity contribution in [3.05, 3.63) is 54.1 Å². The van der Waals surface area contributed by atoms with Gasteiger partial charge in [-0.05, 0) is 54.1 Å². The highest BCUT2D eigenvalue weighted by atomic mass is 32.2. The summed E-state index contributed by atoms with van der Waals surface area (Å²) in [4.78, 5) is 14.1. The lowest BCUT2D eigenvalue weighted by atomic mass is 10.2. The van der Waals surface area contributed by atoms with E-state index < -0.39 is 10.0 Å². The first-order chi connectivity index (χ1) is 11.3. The van der Waals surface area contributed by atoms with E-state index in [4.69, 9.17) is 0 Å². The molecular formula is C17H20N2O3S2. The van der Waals surface area contributed by atoms with Crippen LogP contribution in [0, 0.1) is 0 Å². The number of nitrogens with one attached hydrogen (secondary N) is 1. The molecule has 0 bridgehead atoms. The molecule has 0 heterocycles. The molecule has 0 aliphatic rings. The molecule has 24 heavy (non-hydrogen) atoms. The summed E-state index contributed by atoms with van der Waals surface area (Å²) >= 11 is 1.04. The number of sulfonamides is 1. The molecule has 0 aromatic heterocycles. The first-order valence-corrected chi connectivity index (χ1v) is 9.73. The Bertz CT molecular complexity index is 816. The maximum absolute atomic E-state index is 12.4.